The smallest absolute Gasteiger partial charge is 0.225 e. The van der Waals surface area contributed by atoms with Crippen LogP contribution in [0.4, 0.5) is 0 Å². The van der Waals surface area contributed by atoms with Gasteiger partial charge in [0.15, 0.2) is 0 Å². The Morgan fingerprint density at radius 2 is 2.05 bits per heavy atom. The van der Waals surface area contributed by atoms with Gasteiger partial charge in [0.2, 0.25) is 5.91 Å². The normalized spacial score (nSPS) is 29.6. The van der Waals surface area contributed by atoms with E-state index < -0.39 is 0 Å². The molecule has 0 spiro atoms. The number of hydrogen-bond acceptors (Lipinski definition) is 3. The summed E-state index contributed by atoms with van der Waals surface area (Å²) in [5.74, 6) is 0.342. The molecule has 1 saturated heterocycles. The number of morpholine rings is 1. The molecule has 2 N–H and O–H groups in total. The molecule has 2 fully saturated rings. The van der Waals surface area contributed by atoms with Crippen LogP contribution in [0.2, 0.25) is 5.02 Å². The van der Waals surface area contributed by atoms with Gasteiger partial charge in [0, 0.05) is 23.5 Å². The van der Waals surface area contributed by atoms with Gasteiger partial charge in [-0.05, 0) is 37.0 Å². The lowest BCUT2D eigenvalue weighted by atomic mass is 10.0. The summed E-state index contributed by atoms with van der Waals surface area (Å²) < 4.78 is 5.81. The van der Waals surface area contributed by atoms with Crippen LogP contribution in [0, 0.1) is 5.92 Å². The van der Waals surface area contributed by atoms with Crippen molar-refractivity contribution in [3.63, 3.8) is 0 Å². The summed E-state index contributed by atoms with van der Waals surface area (Å²) in [6.45, 7) is 1.87. The van der Waals surface area contributed by atoms with Crippen LogP contribution in [-0.2, 0) is 9.53 Å². The third-order valence-electron chi connectivity index (χ3n) is 4.44. The van der Waals surface area contributed by atoms with Gasteiger partial charge in [-0.25, -0.2) is 0 Å². The Morgan fingerprint density at radius 3 is 2.71 bits per heavy atom. The highest BCUT2D eigenvalue weighted by atomic mass is 35.5. The second-order valence-corrected chi connectivity index (χ2v) is 6.40. The molecule has 1 heterocycles. The van der Waals surface area contributed by atoms with Crippen LogP contribution in [0.3, 0.4) is 0 Å². The predicted molar refractivity (Wildman–Crippen MR) is 82.0 cm³/mol. The number of halogens is 1. The van der Waals surface area contributed by atoms with Gasteiger partial charge in [-0.3, -0.25) is 4.79 Å². The van der Waals surface area contributed by atoms with E-state index in [4.69, 9.17) is 22.1 Å². The first-order valence-electron chi connectivity index (χ1n) is 7.55. The highest BCUT2D eigenvalue weighted by molar-refractivity contribution is 6.30. The molecule has 1 aliphatic carbocycles. The van der Waals surface area contributed by atoms with Crippen LogP contribution >= 0.6 is 11.6 Å². The van der Waals surface area contributed by atoms with E-state index in [1.54, 1.807) is 0 Å². The van der Waals surface area contributed by atoms with Crippen LogP contribution in [0.15, 0.2) is 24.3 Å². The van der Waals surface area contributed by atoms with Gasteiger partial charge in [0.05, 0.1) is 13.2 Å². The fourth-order valence-electron chi connectivity index (χ4n) is 3.23. The third kappa shape index (κ3) is 3.39. The lowest BCUT2D eigenvalue weighted by molar-refractivity contribution is -0.143. The Hall–Kier alpha value is -1.10. The molecule has 1 saturated carbocycles. The number of carbonyl (C=O) groups excluding carboxylic acids is 1. The largest absolute Gasteiger partial charge is 0.370 e. The maximum absolute atomic E-state index is 12.6. The Balaban J connectivity index is 1.65. The van der Waals surface area contributed by atoms with Crippen LogP contribution in [0.1, 0.15) is 30.9 Å². The van der Waals surface area contributed by atoms with Crippen molar-refractivity contribution in [2.45, 2.75) is 31.4 Å². The molecule has 3 unspecified atom stereocenters. The van der Waals surface area contributed by atoms with Crippen molar-refractivity contribution in [3.8, 4) is 0 Å². The zero-order chi connectivity index (χ0) is 14.8. The Kier molecular flexibility index (Phi) is 4.48. The molecule has 1 aromatic rings. The third-order valence-corrected chi connectivity index (χ3v) is 4.69. The number of ether oxygens (including phenoxy) is 1. The zero-order valence-electron chi connectivity index (χ0n) is 12.0. The van der Waals surface area contributed by atoms with Gasteiger partial charge < -0.3 is 15.4 Å². The zero-order valence-corrected chi connectivity index (χ0v) is 12.8. The summed E-state index contributed by atoms with van der Waals surface area (Å²) in [6, 6.07) is 7.83. The first-order chi connectivity index (χ1) is 10.1. The maximum atomic E-state index is 12.6. The molecule has 0 bridgehead atoms. The SMILES string of the molecule is NC1CCC(C(=O)N2CCOC(c3ccc(Cl)cc3)C2)C1. The van der Waals surface area contributed by atoms with E-state index in [1.807, 2.05) is 29.2 Å². The Bertz CT molecular complexity index is 506. The number of amides is 1. The maximum Gasteiger partial charge on any atom is 0.225 e. The van der Waals surface area contributed by atoms with Crippen molar-refractivity contribution >= 4 is 17.5 Å². The average molecular weight is 309 g/mol. The lowest BCUT2D eigenvalue weighted by Gasteiger charge is -2.34. The van der Waals surface area contributed by atoms with Gasteiger partial charge in [0.25, 0.3) is 0 Å². The van der Waals surface area contributed by atoms with E-state index in [0.29, 0.717) is 24.7 Å². The van der Waals surface area contributed by atoms with Gasteiger partial charge >= 0.3 is 0 Å². The highest BCUT2D eigenvalue weighted by Crippen LogP contribution is 2.29. The topological polar surface area (TPSA) is 55.6 Å². The Morgan fingerprint density at radius 1 is 1.29 bits per heavy atom. The van der Waals surface area contributed by atoms with E-state index >= 15 is 0 Å². The predicted octanol–water partition coefficient (Wildman–Crippen LogP) is 2.37. The molecule has 114 valence electrons. The molecule has 3 rings (SSSR count). The number of nitrogens with two attached hydrogens (primary N) is 1. The van der Waals surface area contributed by atoms with Crippen molar-refractivity contribution in [2.24, 2.45) is 11.7 Å². The first-order valence-corrected chi connectivity index (χ1v) is 7.92. The minimum Gasteiger partial charge on any atom is -0.370 e. The van der Waals surface area contributed by atoms with Crippen LogP contribution in [0.5, 0.6) is 0 Å². The number of benzene rings is 1. The first kappa shape index (κ1) is 14.8. The minimum absolute atomic E-state index is 0.0601. The molecule has 0 aromatic heterocycles. The molecule has 1 aliphatic heterocycles. The quantitative estimate of drug-likeness (QED) is 0.912. The summed E-state index contributed by atoms with van der Waals surface area (Å²) in [5.41, 5.74) is 6.99. The second kappa shape index (κ2) is 6.34. The van der Waals surface area contributed by atoms with Crippen LogP contribution in [0.25, 0.3) is 0 Å². The number of nitrogens with zero attached hydrogens (tertiary/aromatic N) is 1. The molecular weight excluding hydrogens is 288 g/mol. The van der Waals surface area contributed by atoms with Gasteiger partial charge in [-0.2, -0.15) is 0 Å². The van der Waals surface area contributed by atoms with E-state index in [9.17, 15) is 4.79 Å². The van der Waals surface area contributed by atoms with E-state index in [1.165, 1.54) is 0 Å². The minimum atomic E-state index is -0.0601. The number of rotatable bonds is 2. The summed E-state index contributed by atoms with van der Waals surface area (Å²) in [6.07, 6.45) is 2.64. The lowest BCUT2D eigenvalue weighted by Crippen LogP contribution is -2.44. The van der Waals surface area contributed by atoms with E-state index in [0.717, 1.165) is 24.8 Å². The molecule has 4 nitrogen and oxygen atoms in total. The van der Waals surface area contributed by atoms with Crippen molar-refractivity contribution in [1.29, 1.82) is 0 Å². The highest BCUT2D eigenvalue weighted by Gasteiger charge is 2.33. The standard InChI is InChI=1S/C16H21ClN2O2/c17-13-4-1-11(2-5-13)15-10-19(7-8-21-15)16(20)12-3-6-14(18)9-12/h1-2,4-5,12,14-15H,3,6-10,18H2. The molecule has 3 atom stereocenters. The summed E-state index contributed by atoms with van der Waals surface area (Å²) in [7, 11) is 0. The van der Waals surface area contributed by atoms with Gasteiger partial charge in [0.1, 0.15) is 6.10 Å². The molecule has 1 amide bonds. The molecule has 2 aliphatic rings. The van der Waals surface area contributed by atoms with Crippen LogP contribution < -0.4 is 5.73 Å². The van der Waals surface area contributed by atoms with E-state index in [2.05, 4.69) is 0 Å². The van der Waals surface area contributed by atoms with Crippen molar-refractivity contribution in [2.75, 3.05) is 19.7 Å². The van der Waals surface area contributed by atoms with Crippen molar-refractivity contribution in [3.05, 3.63) is 34.9 Å². The van der Waals surface area contributed by atoms with Crippen LogP contribution in [-0.4, -0.2) is 36.5 Å². The fraction of sp³-hybridized carbons (Fsp3) is 0.562. The summed E-state index contributed by atoms with van der Waals surface area (Å²) >= 11 is 5.91. The molecule has 0 radical (unpaired) electrons. The number of carbonyl (C=O) groups is 1. The average Bonchev–Trinajstić information content (AvgIpc) is 2.94. The number of hydrogen-bond donors (Lipinski definition) is 1. The monoisotopic (exact) mass is 308 g/mol. The summed E-state index contributed by atoms with van der Waals surface area (Å²) in [4.78, 5) is 14.5. The molecule has 5 heteroatoms. The van der Waals surface area contributed by atoms with E-state index in [-0.39, 0.29) is 24.0 Å². The fourth-order valence-corrected chi connectivity index (χ4v) is 3.35. The molecular formula is C16H21ClN2O2. The molecule has 1 aromatic carbocycles. The van der Waals surface area contributed by atoms with Gasteiger partial charge in [-0.1, -0.05) is 23.7 Å². The Labute approximate surface area is 130 Å². The van der Waals surface area contributed by atoms with Crippen molar-refractivity contribution in [1.82, 2.24) is 4.90 Å². The second-order valence-electron chi connectivity index (χ2n) is 5.97. The van der Waals surface area contributed by atoms with Gasteiger partial charge in [-0.15, -0.1) is 0 Å². The molecule has 21 heavy (non-hydrogen) atoms. The summed E-state index contributed by atoms with van der Waals surface area (Å²) in [5, 5.41) is 0.711. The van der Waals surface area contributed by atoms with Crippen molar-refractivity contribution < 1.29 is 9.53 Å².